The van der Waals surface area contributed by atoms with Crippen LogP contribution in [0.3, 0.4) is 0 Å². The molecule has 0 saturated heterocycles. The van der Waals surface area contributed by atoms with Gasteiger partial charge in [0.15, 0.2) is 0 Å². The van der Waals surface area contributed by atoms with E-state index in [1.54, 1.807) is 0 Å². The van der Waals surface area contributed by atoms with Crippen LogP contribution in [0.5, 0.6) is 0 Å². The van der Waals surface area contributed by atoms with Crippen LogP contribution in [-0.4, -0.2) is 22.6 Å². The van der Waals surface area contributed by atoms with Gasteiger partial charge in [0.25, 0.3) is 0 Å². The molecule has 0 amide bonds. The quantitative estimate of drug-likeness (QED) is 0.811. The first-order valence-electron chi connectivity index (χ1n) is 7.20. The number of esters is 1. The molecule has 5 heteroatoms. The van der Waals surface area contributed by atoms with Gasteiger partial charge in [-0.1, -0.05) is 30.3 Å². The molecule has 1 fully saturated rings. The van der Waals surface area contributed by atoms with Crippen molar-refractivity contribution in [3.05, 3.63) is 35.9 Å². The van der Waals surface area contributed by atoms with Crippen molar-refractivity contribution in [1.29, 1.82) is 0 Å². The van der Waals surface area contributed by atoms with Gasteiger partial charge in [-0.15, -0.1) is 0 Å². The molecule has 0 radical (unpaired) electrons. The summed E-state index contributed by atoms with van der Waals surface area (Å²) in [5.74, 6) is -1.27. The lowest BCUT2D eigenvalue weighted by atomic mass is 9.75. The van der Waals surface area contributed by atoms with Gasteiger partial charge < -0.3 is 15.6 Å². The Bertz CT molecular complexity index is 492. The van der Waals surface area contributed by atoms with E-state index in [9.17, 15) is 9.59 Å². The number of carbonyl (C=O) groups is 2. The van der Waals surface area contributed by atoms with Gasteiger partial charge in [-0.25, -0.2) is 0 Å². The summed E-state index contributed by atoms with van der Waals surface area (Å²) in [5, 5.41) is 8.84. The molecule has 0 unspecified atom stereocenters. The fourth-order valence-corrected chi connectivity index (χ4v) is 2.75. The van der Waals surface area contributed by atoms with Crippen LogP contribution in [0, 0.1) is 5.92 Å². The Morgan fingerprint density at radius 2 is 1.86 bits per heavy atom. The third-order valence-electron chi connectivity index (χ3n) is 4.04. The van der Waals surface area contributed by atoms with Crippen molar-refractivity contribution in [1.82, 2.24) is 0 Å². The first kappa shape index (κ1) is 15.5. The highest BCUT2D eigenvalue weighted by Crippen LogP contribution is 2.33. The summed E-state index contributed by atoms with van der Waals surface area (Å²) in [6, 6.07) is 9.53. The van der Waals surface area contributed by atoms with Gasteiger partial charge >= 0.3 is 11.9 Å². The summed E-state index contributed by atoms with van der Waals surface area (Å²) in [7, 11) is 0. The lowest BCUT2D eigenvalue weighted by molar-refractivity contribution is -0.151. The van der Waals surface area contributed by atoms with Gasteiger partial charge in [-0.2, -0.15) is 0 Å². The fourth-order valence-electron chi connectivity index (χ4n) is 2.75. The van der Waals surface area contributed by atoms with Crippen molar-refractivity contribution in [3.63, 3.8) is 0 Å². The van der Waals surface area contributed by atoms with Crippen LogP contribution in [0.4, 0.5) is 0 Å². The zero-order valence-corrected chi connectivity index (χ0v) is 12.0. The summed E-state index contributed by atoms with van der Waals surface area (Å²) in [6.07, 6.45) is 2.24. The molecular formula is C16H21NO4. The molecule has 5 nitrogen and oxygen atoms in total. The molecule has 0 aliphatic heterocycles. The third kappa shape index (κ3) is 4.56. The smallest absolute Gasteiger partial charge is 0.309 e. The monoisotopic (exact) mass is 291 g/mol. The van der Waals surface area contributed by atoms with Gasteiger partial charge in [-0.05, 0) is 31.2 Å². The van der Waals surface area contributed by atoms with Gasteiger partial charge in [0.05, 0.1) is 12.3 Å². The zero-order valence-electron chi connectivity index (χ0n) is 12.0. The minimum absolute atomic E-state index is 0.0429. The number of rotatable bonds is 5. The van der Waals surface area contributed by atoms with Crippen molar-refractivity contribution < 1.29 is 19.4 Å². The lowest BCUT2D eigenvalue weighted by Crippen LogP contribution is -2.46. The highest BCUT2D eigenvalue weighted by molar-refractivity contribution is 5.73. The standard InChI is InChI=1S/C16H21NO4/c17-16(10-14(18)19)8-6-13(7-9-16)15(20)21-11-12-4-2-1-3-5-12/h1-5,13H,6-11,17H2,(H,18,19). The van der Waals surface area contributed by atoms with E-state index in [4.69, 9.17) is 15.6 Å². The second-order valence-corrected chi connectivity index (χ2v) is 5.80. The van der Waals surface area contributed by atoms with E-state index >= 15 is 0 Å². The number of carboxylic acids is 1. The average molecular weight is 291 g/mol. The second-order valence-electron chi connectivity index (χ2n) is 5.80. The summed E-state index contributed by atoms with van der Waals surface area (Å²) < 4.78 is 5.32. The topological polar surface area (TPSA) is 89.6 Å². The molecule has 2 rings (SSSR count). The molecule has 0 aromatic heterocycles. The number of benzene rings is 1. The molecule has 0 atom stereocenters. The van der Waals surface area contributed by atoms with Crippen LogP contribution in [0.2, 0.25) is 0 Å². The maximum absolute atomic E-state index is 12.0. The molecule has 0 heterocycles. The predicted molar refractivity (Wildman–Crippen MR) is 77.4 cm³/mol. The first-order valence-corrected chi connectivity index (χ1v) is 7.20. The van der Waals surface area contributed by atoms with Crippen molar-refractivity contribution >= 4 is 11.9 Å². The van der Waals surface area contributed by atoms with Crippen molar-refractivity contribution in [2.75, 3.05) is 0 Å². The SMILES string of the molecule is NC1(CC(=O)O)CCC(C(=O)OCc2ccccc2)CC1. The number of hydrogen-bond donors (Lipinski definition) is 2. The maximum atomic E-state index is 12.0. The van der Waals surface area contributed by atoms with Gasteiger partial charge in [-0.3, -0.25) is 9.59 Å². The Hall–Kier alpha value is -1.88. The van der Waals surface area contributed by atoms with E-state index in [1.165, 1.54) is 0 Å². The largest absolute Gasteiger partial charge is 0.481 e. The van der Waals surface area contributed by atoms with E-state index in [2.05, 4.69) is 0 Å². The average Bonchev–Trinajstić information content (AvgIpc) is 2.45. The molecule has 1 saturated carbocycles. The Morgan fingerprint density at radius 3 is 2.43 bits per heavy atom. The van der Waals surface area contributed by atoms with Crippen LogP contribution in [0.15, 0.2) is 30.3 Å². The normalized spacial score (nSPS) is 25.3. The molecular weight excluding hydrogens is 270 g/mol. The number of hydrogen-bond acceptors (Lipinski definition) is 4. The Labute approximate surface area is 124 Å². The molecule has 1 aromatic carbocycles. The van der Waals surface area contributed by atoms with Crippen LogP contribution >= 0.6 is 0 Å². The molecule has 0 bridgehead atoms. The minimum atomic E-state index is -0.886. The molecule has 3 N–H and O–H groups in total. The van der Waals surface area contributed by atoms with Gasteiger partial charge in [0.1, 0.15) is 6.61 Å². The van der Waals surface area contributed by atoms with E-state index in [-0.39, 0.29) is 24.9 Å². The number of ether oxygens (including phenoxy) is 1. The number of carboxylic acid groups (broad SMARTS) is 1. The molecule has 21 heavy (non-hydrogen) atoms. The fraction of sp³-hybridized carbons (Fsp3) is 0.500. The molecule has 0 spiro atoms. The van der Waals surface area contributed by atoms with E-state index in [0.717, 1.165) is 5.56 Å². The summed E-state index contributed by atoms with van der Waals surface area (Å²) >= 11 is 0. The highest BCUT2D eigenvalue weighted by atomic mass is 16.5. The van der Waals surface area contributed by atoms with E-state index in [0.29, 0.717) is 25.7 Å². The molecule has 1 aliphatic rings. The Balaban J connectivity index is 1.79. The van der Waals surface area contributed by atoms with E-state index < -0.39 is 11.5 Å². The Morgan fingerprint density at radius 1 is 1.24 bits per heavy atom. The van der Waals surface area contributed by atoms with Crippen molar-refractivity contribution in [2.24, 2.45) is 11.7 Å². The van der Waals surface area contributed by atoms with Gasteiger partial charge in [0, 0.05) is 5.54 Å². The van der Waals surface area contributed by atoms with Gasteiger partial charge in [0.2, 0.25) is 0 Å². The number of nitrogens with two attached hydrogens (primary N) is 1. The molecule has 114 valence electrons. The van der Waals surface area contributed by atoms with Crippen LogP contribution in [0.25, 0.3) is 0 Å². The minimum Gasteiger partial charge on any atom is -0.481 e. The van der Waals surface area contributed by atoms with Crippen LogP contribution < -0.4 is 5.73 Å². The number of carbonyl (C=O) groups excluding carboxylic acids is 1. The zero-order chi connectivity index (χ0) is 15.3. The Kier molecular flexibility index (Phi) is 4.96. The van der Waals surface area contributed by atoms with Crippen LogP contribution in [-0.2, 0) is 20.9 Å². The highest BCUT2D eigenvalue weighted by Gasteiger charge is 2.36. The second kappa shape index (κ2) is 6.72. The maximum Gasteiger partial charge on any atom is 0.309 e. The first-order chi connectivity index (χ1) is 9.98. The molecule has 1 aromatic rings. The predicted octanol–water partition coefficient (Wildman–Crippen LogP) is 2.09. The number of aliphatic carboxylic acids is 1. The molecule has 1 aliphatic carbocycles. The van der Waals surface area contributed by atoms with Crippen molar-refractivity contribution in [3.8, 4) is 0 Å². The summed E-state index contributed by atoms with van der Waals surface area (Å²) in [5.41, 5.74) is 6.33. The third-order valence-corrected chi connectivity index (χ3v) is 4.04. The van der Waals surface area contributed by atoms with Crippen LogP contribution in [0.1, 0.15) is 37.7 Å². The summed E-state index contributed by atoms with van der Waals surface area (Å²) in [6.45, 7) is 0.277. The van der Waals surface area contributed by atoms with Crippen molar-refractivity contribution in [2.45, 2.75) is 44.2 Å². The lowest BCUT2D eigenvalue weighted by Gasteiger charge is -2.35. The van der Waals surface area contributed by atoms with E-state index in [1.807, 2.05) is 30.3 Å². The summed E-state index contributed by atoms with van der Waals surface area (Å²) in [4.78, 5) is 22.8.